The molecule has 2 saturated heterocycles. The third-order valence-electron chi connectivity index (χ3n) is 6.85. The van der Waals surface area contributed by atoms with Crippen LogP contribution in [0.4, 0.5) is 8.78 Å². The maximum atomic E-state index is 13.5. The summed E-state index contributed by atoms with van der Waals surface area (Å²) in [6.45, 7) is -3.48. The molecule has 2 rings (SSSR count). The van der Waals surface area contributed by atoms with Crippen LogP contribution < -0.4 is 5.73 Å². The van der Waals surface area contributed by atoms with E-state index in [0.717, 1.165) is 0 Å². The standard InChI is InChI=1S/C23H43F2NO16/c1-9(13(31)20(39-10(4-27)5-28)37-3-2-23(24,25)8-26)38-22-18(36)19(15(33)12(7-30)41-22)42-21-17(35)16(34)14(32)11(6-29)40-21/h9-22,27-36H,2-8,26H2,1H3/t9-,11?,12?,13?,14-,15+,16?,17?,18-,19?,20+,21-,22+/m1/s1. The number of hydrogen-bond donors (Lipinski definition) is 11. The van der Waals surface area contributed by atoms with Gasteiger partial charge in [0.1, 0.15) is 61.0 Å². The largest absolute Gasteiger partial charge is 0.394 e. The van der Waals surface area contributed by atoms with Gasteiger partial charge in [0.2, 0.25) is 0 Å². The first-order valence-corrected chi connectivity index (χ1v) is 13.2. The normalized spacial score (nSPS) is 36.6. The Labute approximate surface area is 239 Å². The molecule has 0 radical (unpaired) electrons. The number of nitrogens with two attached hydrogens (primary N) is 1. The molecular weight excluding hydrogens is 584 g/mol. The molecule has 0 aromatic rings. The summed E-state index contributed by atoms with van der Waals surface area (Å²) in [5.74, 6) is -3.29. The van der Waals surface area contributed by atoms with Gasteiger partial charge >= 0.3 is 0 Å². The molecule has 0 aromatic heterocycles. The summed E-state index contributed by atoms with van der Waals surface area (Å²) in [5.41, 5.74) is 5.00. The number of rotatable bonds is 17. The summed E-state index contributed by atoms with van der Waals surface area (Å²) in [4.78, 5) is 0. The van der Waals surface area contributed by atoms with Gasteiger partial charge < -0.3 is 85.2 Å². The molecule has 0 amide bonds. The van der Waals surface area contributed by atoms with Gasteiger partial charge in [-0.05, 0) is 6.92 Å². The minimum atomic E-state index is -3.29. The van der Waals surface area contributed by atoms with Crippen molar-refractivity contribution in [2.75, 3.05) is 39.6 Å². The van der Waals surface area contributed by atoms with E-state index in [2.05, 4.69) is 0 Å². The lowest BCUT2D eigenvalue weighted by Crippen LogP contribution is -2.65. The fraction of sp³-hybridized carbons (Fsp3) is 1.00. The predicted molar refractivity (Wildman–Crippen MR) is 130 cm³/mol. The maximum absolute atomic E-state index is 13.5. The Bertz CT molecular complexity index is 770. The average Bonchev–Trinajstić information content (AvgIpc) is 2.97. The Kier molecular flexibility index (Phi) is 15.2. The highest BCUT2D eigenvalue weighted by atomic mass is 19.3. The molecule has 250 valence electrons. The van der Waals surface area contributed by atoms with Gasteiger partial charge in [0.05, 0.1) is 45.7 Å². The van der Waals surface area contributed by atoms with Crippen LogP contribution >= 0.6 is 0 Å². The minimum Gasteiger partial charge on any atom is -0.394 e. The van der Waals surface area contributed by atoms with Crippen LogP contribution in [-0.4, -0.2) is 183 Å². The van der Waals surface area contributed by atoms with E-state index in [1.807, 2.05) is 0 Å². The van der Waals surface area contributed by atoms with Crippen LogP contribution in [0.25, 0.3) is 0 Å². The van der Waals surface area contributed by atoms with E-state index in [4.69, 9.17) is 34.2 Å². The number of aliphatic hydroxyl groups is 10. The molecular formula is C23H43F2NO16. The van der Waals surface area contributed by atoms with Crippen molar-refractivity contribution < 1.29 is 88.3 Å². The summed E-state index contributed by atoms with van der Waals surface area (Å²) in [5, 5.41) is 100. The third kappa shape index (κ3) is 9.59. The van der Waals surface area contributed by atoms with Gasteiger partial charge in [0.25, 0.3) is 5.92 Å². The van der Waals surface area contributed by atoms with Crippen LogP contribution in [0, 0.1) is 0 Å². The maximum Gasteiger partial charge on any atom is 0.262 e. The summed E-state index contributed by atoms with van der Waals surface area (Å²) in [6, 6.07) is 0. The van der Waals surface area contributed by atoms with E-state index in [1.165, 1.54) is 6.92 Å². The van der Waals surface area contributed by atoms with E-state index in [9.17, 15) is 59.8 Å². The molecule has 13 atom stereocenters. The highest BCUT2D eigenvalue weighted by Crippen LogP contribution is 2.30. The van der Waals surface area contributed by atoms with Crippen LogP contribution in [0.15, 0.2) is 0 Å². The van der Waals surface area contributed by atoms with Crippen LogP contribution in [0.1, 0.15) is 13.3 Å². The Morgan fingerprint density at radius 1 is 0.833 bits per heavy atom. The van der Waals surface area contributed by atoms with Crippen molar-refractivity contribution in [1.82, 2.24) is 0 Å². The van der Waals surface area contributed by atoms with Crippen LogP contribution in [0.3, 0.4) is 0 Å². The Morgan fingerprint density at radius 3 is 1.95 bits per heavy atom. The van der Waals surface area contributed by atoms with Crippen molar-refractivity contribution in [3.63, 3.8) is 0 Å². The fourth-order valence-electron chi connectivity index (χ4n) is 4.15. The second-order valence-corrected chi connectivity index (χ2v) is 10.0. The molecule has 0 saturated carbocycles. The smallest absolute Gasteiger partial charge is 0.262 e. The number of aliphatic hydroxyl groups excluding tert-OH is 10. The first-order chi connectivity index (χ1) is 19.7. The summed E-state index contributed by atoms with van der Waals surface area (Å²) >= 11 is 0. The molecule has 2 aliphatic heterocycles. The zero-order valence-corrected chi connectivity index (χ0v) is 22.8. The highest BCUT2D eigenvalue weighted by molar-refractivity contribution is 4.94. The lowest BCUT2D eigenvalue weighted by Gasteiger charge is -2.46. The molecule has 6 unspecified atom stereocenters. The topological polar surface area (TPSA) is 284 Å². The molecule has 17 nitrogen and oxygen atoms in total. The predicted octanol–water partition coefficient (Wildman–Crippen LogP) is -5.93. The van der Waals surface area contributed by atoms with Gasteiger partial charge in [-0.1, -0.05) is 0 Å². The lowest BCUT2D eigenvalue weighted by molar-refractivity contribution is -0.367. The number of halogens is 2. The SMILES string of the molecule is C[C@@H](O[C@H]1OC(CO)[C@H](O)C(O[C@H]2OC(CO)[C@@H](O)C(O)C2O)[C@H]1O)C(O)[C@@H](OCCC(F)(F)CN)OC(CO)CO. The number of alkyl halides is 2. The van der Waals surface area contributed by atoms with Gasteiger partial charge in [-0.25, -0.2) is 8.78 Å². The van der Waals surface area contributed by atoms with Crippen molar-refractivity contribution in [3.05, 3.63) is 0 Å². The van der Waals surface area contributed by atoms with E-state index >= 15 is 0 Å². The molecule has 0 aromatic carbocycles. The second-order valence-electron chi connectivity index (χ2n) is 10.0. The van der Waals surface area contributed by atoms with Crippen molar-refractivity contribution in [2.24, 2.45) is 5.73 Å². The van der Waals surface area contributed by atoms with E-state index < -0.39 is 138 Å². The number of hydrogen-bond acceptors (Lipinski definition) is 17. The second kappa shape index (κ2) is 17.0. The van der Waals surface area contributed by atoms with Gasteiger partial charge in [-0.15, -0.1) is 0 Å². The zero-order chi connectivity index (χ0) is 31.8. The van der Waals surface area contributed by atoms with E-state index in [0.29, 0.717) is 0 Å². The summed E-state index contributed by atoms with van der Waals surface area (Å²) in [6.07, 6.45) is -24.4. The van der Waals surface area contributed by atoms with Crippen molar-refractivity contribution >= 4 is 0 Å². The van der Waals surface area contributed by atoms with Crippen LogP contribution in [0.2, 0.25) is 0 Å². The van der Waals surface area contributed by atoms with Crippen molar-refractivity contribution in [2.45, 2.75) is 105 Å². The van der Waals surface area contributed by atoms with Crippen molar-refractivity contribution in [3.8, 4) is 0 Å². The Balaban J connectivity index is 2.17. The monoisotopic (exact) mass is 627 g/mol. The van der Waals surface area contributed by atoms with Gasteiger partial charge in [-0.3, -0.25) is 0 Å². The quantitative estimate of drug-likeness (QED) is 0.0669. The Hall–Kier alpha value is -0.820. The average molecular weight is 628 g/mol. The number of ether oxygens (including phenoxy) is 6. The van der Waals surface area contributed by atoms with Crippen molar-refractivity contribution in [1.29, 1.82) is 0 Å². The molecule has 0 spiro atoms. The van der Waals surface area contributed by atoms with Crippen LogP contribution in [-0.2, 0) is 28.4 Å². The fourth-order valence-corrected chi connectivity index (χ4v) is 4.15. The van der Waals surface area contributed by atoms with Gasteiger partial charge in [-0.2, -0.15) is 0 Å². The molecule has 0 bridgehead atoms. The van der Waals surface area contributed by atoms with E-state index in [1.54, 1.807) is 0 Å². The summed E-state index contributed by atoms with van der Waals surface area (Å²) < 4.78 is 59.3. The van der Waals surface area contributed by atoms with Gasteiger partial charge in [0.15, 0.2) is 18.9 Å². The molecule has 0 aliphatic carbocycles. The van der Waals surface area contributed by atoms with Gasteiger partial charge in [0, 0.05) is 6.42 Å². The highest BCUT2D eigenvalue weighted by Gasteiger charge is 2.51. The third-order valence-corrected chi connectivity index (χ3v) is 6.85. The molecule has 12 N–H and O–H groups in total. The Morgan fingerprint density at radius 2 is 1.40 bits per heavy atom. The minimum absolute atomic E-state index is 0.668. The zero-order valence-electron chi connectivity index (χ0n) is 22.8. The van der Waals surface area contributed by atoms with Crippen LogP contribution in [0.5, 0.6) is 0 Å². The molecule has 19 heteroatoms. The van der Waals surface area contributed by atoms with E-state index in [-0.39, 0.29) is 0 Å². The summed E-state index contributed by atoms with van der Waals surface area (Å²) in [7, 11) is 0. The molecule has 42 heavy (non-hydrogen) atoms. The molecule has 2 heterocycles. The lowest BCUT2D eigenvalue weighted by atomic mass is 9.97. The molecule has 2 aliphatic rings. The first kappa shape index (κ1) is 37.4. The molecule has 2 fully saturated rings. The first-order valence-electron chi connectivity index (χ1n) is 13.2.